The van der Waals surface area contributed by atoms with Crippen molar-refractivity contribution >= 4 is 23.0 Å². The second kappa shape index (κ2) is 10.7. The number of ether oxygens (including phenoxy) is 3. The summed E-state index contributed by atoms with van der Waals surface area (Å²) in [6, 6.07) is 8.83. The van der Waals surface area contributed by atoms with Gasteiger partial charge in [0.1, 0.15) is 35.5 Å². The zero-order valence-electron chi connectivity index (χ0n) is 20.4. The van der Waals surface area contributed by atoms with Crippen molar-refractivity contribution in [1.29, 1.82) is 5.26 Å². The minimum atomic E-state index is -0.496. The van der Waals surface area contributed by atoms with Crippen molar-refractivity contribution in [3.8, 4) is 23.3 Å². The molecule has 10 nitrogen and oxygen atoms in total. The number of amides is 1. The Morgan fingerprint density at radius 3 is 2.75 bits per heavy atom. The van der Waals surface area contributed by atoms with Crippen molar-refractivity contribution in [2.75, 3.05) is 14.2 Å². The summed E-state index contributed by atoms with van der Waals surface area (Å²) >= 11 is 0. The molecule has 3 aromatic heterocycles. The lowest BCUT2D eigenvalue weighted by atomic mass is 10.1. The molecule has 0 aliphatic heterocycles. The molecule has 1 aromatic carbocycles. The quantitative estimate of drug-likeness (QED) is 0.273. The van der Waals surface area contributed by atoms with Gasteiger partial charge in [0.25, 0.3) is 5.91 Å². The van der Waals surface area contributed by atoms with Gasteiger partial charge in [-0.05, 0) is 36.8 Å². The van der Waals surface area contributed by atoms with E-state index in [2.05, 4.69) is 20.3 Å². The third-order valence-electron chi connectivity index (χ3n) is 5.75. The summed E-state index contributed by atoms with van der Waals surface area (Å²) in [6.45, 7) is 2.11. The molecule has 4 rings (SSSR count). The van der Waals surface area contributed by atoms with Gasteiger partial charge in [-0.15, -0.1) is 0 Å². The average Bonchev–Trinajstić information content (AvgIpc) is 3.50. The molecule has 0 bridgehead atoms. The number of pyridine rings is 1. The molecule has 184 valence electrons. The van der Waals surface area contributed by atoms with E-state index in [0.717, 1.165) is 16.8 Å². The van der Waals surface area contributed by atoms with Crippen molar-refractivity contribution in [2.24, 2.45) is 7.05 Å². The van der Waals surface area contributed by atoms with Crippen LogP contribution in [0.3, 0.4) is 0 Å². The number of nitrogens with one attached hydrogen (secondary N) is 2. The SMILES string of the molecule is COc1ccc([C@@H](C)NC(=O)/C(C#N)=C/c2c[nH]c3ncc(OCc4nccn4C)cc23)cc1OC. The molecule has 0 aliphatic rings. The highest BCUT2D eigenvalue weighted by molar-refractivity contribution is 6.03. The predicted octanol–water partition coefficient (Wildman–Crippen LogP) is 3.68. The summed E-state index contributed by atoms with van der Waals surface area (Å²) in [7, 11) is 5.00. The van der Waals surface area contributed by atoms with Crippen molar-refractivity contribution in [1.82, 2.24) is 24.8 Å². The first-order chi connectivity index (χ1) is 17.4. The van der Waals surface area contributed by atoms with Gasteiger partial charge in [-0.25, -0.2) is 9.97 Å². The second-order valence-electron chi connectivity index (χ2n) is 8.03. The number of fused-ring (bicyclic) bond motifs is 1. The fraction of sp³-hybridized carbons (Fsp3) is 0.231. The average molecular weight is 487 g/mol. The lowest BCUT2D eigenvalue weighted by Gasteiger charge is -2.16. The number of imidazole rings is 1. The van der Waals surface area contributed by atoms with E-state index in [-0.39, 0.29) is 18.2 Å². The highest BCUT2D eigenvalue weighted by atomic mass is 16.5. The third-order valence-corrected chi connectivity index (χ3v) is 5.75. The van der Waals surface area contributed by atoms with E-state index in [0.29, 0.717) is 28.5 Å². The van der Waals surface area contributed by atoms with E-state index in [9.17, 15) is 10.1 Å². The molecule has 0 spiro atoms. The molecule has 1 atom stereocenters. The number of aryl methyl sites for hydroxylation is 1. The zero-order chi connectivity index (χ0) is 25.7. The highest BCUT2D eigenvalue weighted by Crippen LogP contribution is 2.30. The van der Waals surface area contributed by atoms with Crippen LogP contribution in [-0.2, 0) is 18.4 Å². The minimum absolute atomic E-state index is 0.0393. The van der Waals surface area contributed by atoms with Crippen molar-refractivity contribution in [3.63, 3.8) is 0 Å². The summed E-state index contributed by atoms with van der Waals surface area (Å²) in [5.74, 6) is 1.97. The number of H-pyrrole nitrogens is 1. The zero-order valence-corrected chi connectivity index (χ0v) is 20.4. The van der Waals surface area contributed by atoms with Crippen LogP contribution in [0.15, 0.2) is 54.6 Å². The molecule has 0 unspecified atom stereocenters. The number of hydrogen-bond acceptors (Lipinski definition) is 7. The topological polar surface area (TPSA) is 127 Å². The smallest absolute Gasteiger partial charge is 0.262 e. The Kier molecular flexibility index (Phi) is 7.20. The lowest BCUT2D eigenvalue weighted by molar-refractivity contribution is -0.117. The maximum atomic E-state index is 12.9. The van der Waals surface area contributed by atoms with E-state index in [4.69, 9.17) is 14.2 Å². The second-order valence-corrected chi connectivity index (χ2v) is 8.03. The van der Waals surface area contributed by atoms with Crippen LogP contribution in [0.5, 0.6) is 17.2 Å². The van der Waals surface area contributed by atoms with Crippen molar-refractivity contribution < 1.29 is 19.0 Å². The molecule has 1 amide bonds. The molecule has 3 heterocycles. The summed E-state index contributed by atoms with van der Waals surface area (Å²) in [6.07, 6.45) is 8.38. The van der Waals surface area contributed by atoms with Gasteiger partial charge < -0.3 is 29.1 Å². The number of nitrogens with zero attached hydrogens (tertiary/aromatic N) is 4. The van der Waals surface area contributed by atoms with Crippen LogP contribution in [0, 0.1) is 11.3 Å². The number of rotatable bonds is 9. The molecular weight excluding hydrogens is 460 g/mol. The standard InChI is InChI=1S/C26H26N6O4/c1-16(17-5-6-22(34-3)23(10-17)35-4)31-26(33)18(12-27)9-19-13-29-25-21(19)11-20(14-30-25)36-15-24-28-7-8-32(24)2/h5-11,13-14,16H,15H2,1-4H3,(H,29,30)(H,31,33)/b18-9+/t16-/m1/s1. The predicted molar refractivity (Wildman–Crippen MR) is 133 cm³/mol. The number of carbonyl (C=O) groups excluding carboxylic acids is 1. The fourth-order valence-electron chi connectivity index (χ4n) is 3.67. The van der Waals surface area contributed by atoms with Gasteiger partial charge in [0.2, 0.25) is 0 Å². The first-order valence-corrected chi connectivity index (χ1v) is 11.1. The maximum absolute atomic E-state index is 12.9. The van der Waals surface area contributed by atoms with Crippen LogP contribution in [0.4, 0.5) is 0 Å². The number of methoxy groups -OCH3 is 2. The molecule has 10 heteroatoms. The van der Waals surface area contributed by atoms with Crippen molar-refractivity contribution in [2.45, 2.75) is 19.6 Å². The molecule has 36 heavy (non-hydrogen) atoms. The number of carbonyl (C=O) groups is 1. The minimum Gasteiger partial charge on any atom is -0.493 e. The van der Waals surface area contributed by atoms with Crippen LogP contribution in [-0.4, -0.2) is 39.6 Å². The van der Waals surface area contributed by atoms with Crippen LogP contribution in [0.25, 0.3) is 17.1 Å². The summed E-state index contributed by atoms with van der Waals surface area (Å²) in [4.78, 5) is 24.6. The van der Waals surface area contributed by atoms with Crippen molar-refractivity contribution in [3.05, 3.63) is 71.6 Å². The Labute approximate surface area is 208 Å². The first-order valence-electron chi connectivity index (χ1n) is 11.1. The Morgan fingerprint density at radius 1 is 1.25 bits per heavy atom. The third kappa shape index (κ3) is 5.15. The van der Waals surface area contributed by atoms with E-state index in [1.165, 1.54) is 6.08 Å². The summed E-state index contributed by atoms with van der Waals surface area (Å²) in [5, 5.41) is 13.3. The van der Waals surface area contributed by atoms with Crippen LogP contribution in [0.1, 0.15) is 29.9 Å². The number of aromatic amines is 1. The summed E-state index contributed by atoms with van der Waals surface area (Å²) in [5.41, 5.74) is 2.03. The Hall–Kier alpha value is -4.78. The van der Waals surface area contributed by atoms with E-state index < -0.39 is 5.91 Å². The monoisotopic (exact) mass is 486 g/mol. The van der Waals surface area contributed by atoms with Crippen LogP contribution >= 0.6 is 0 Å². The molecular formula is C26H26N6O4. The van der Waals surface area contributed by atoms with Gasteiger partial charge in [-0.2, -0.15) is 5.26 Å². The van der Waals surface area contributed by atoms with E-state index >= 15 is 0 Å². The van der Waals surface area contributed by atoms with E-state index in [1.54, 1.807) is 44.9 Å². The van der Waals surface area contributed by atoms with Crippen LogP contribution < -0.4 is 19.5 Å². The Morgan fingerprint density at radius 2 is 2.06 bits per heavy atom. The van der Waals surface area contributed by atoms with Gasteiger partial charge in [-0.3, -0.25) is 4.79 Å². The molecule has 0 aliphatic carbocycles. The van der Waals surface area contributed by atoms with E-state index in [1.807, 2.05) is 42.9 Å². The molecule has 2 N–H and O–H groups in total. The van der Waals surface area contributed by atoms with Gasteiger partial charge in [0, 0.05) is 36.6 Å². The lowest BCUT2D eigenvalue weighted by Crippen LogP contribution is -2.27. The largest absolute Gasteiger partial charge is 0.493 e. The van der Waals surface area contributed by atoms with Gasteiger partial charge in [0.05, 0.1) is 26.5 Å². The molecule has 0 radical (unpaired) electrons. The molecule has 0 fully saturated rings. The normalized spacial score (nSPS) is 12.1. The number of aromatic nitrogens is 4. The Balaban J connectivity index is 1.52. The van der Waals surface area contributed by atoms with Gasteiger partial charge >= 0.3 is 0 Å². The van der Waals surface area contributed by atoms with Gasteiger partial charge in [0.15, 0.2) is 11.5 Å². The number of benzene rings is 1. The molecule has 4 aromatic rings. The highest BCUT2D eigenvalue weighted by Gasteiger charge is 2.17. The fourth-order valence-corrected chi connectivity index (χ4v) is 3.67. The van der Waals surface area contributed by atoms with Crippen LogP contribution in [0.2, 0.25) is 0 Å². The number of hydrogen-bond donors (Lipinski definition) is 2. The number of nitriles is 1. The summed E-state index contributed by atoms with van der Waals surface area (Å²) < 4.78 is 18.3. The first kappa shape index (κ1) is 24.3. The van der Waals surface area contributed by atoms with Gasteiger partial charge in [-0.1, -0.05) is 6.07 Å². The molecule has 0 saturated heterocycles. The maximum Gasteiger partial charge on any atom is 0.262 e. The molecule has 0 saturated carbocycles. The Bertz CT molecular complexity index is 1460.